The van der Waals surface area contributed by atoms with Gasteiger partial charge in [0.2, 0.25) is 5.95 Å². The standard InChI is InChI=1S/C11H8ClF3N4/c12-7-5-17-10(16)19-9(7)18-8-4-2-1-3-6(8)11(13,14)15/h1-5H,(H3,16,17,18,19). The molecule has 0 atom stereocenters. The van der Waals surface area contributed by atoms with Crippen LogP contribution in [0.1, 0.15) is 5.56 Å². The molecule has 0 amide bonds. The lowest BCUT2D eigenvalue weighted by Gasteiger charge is -2.14. The van der Waals surface area contributed by atoms with E-state index in [1.54, 1.807) is 0 Å². The highest BCUT2D eigenvalue weighted by Gasteiger charge is 2.33. The van der Waals surface area contributed by atoms with Gasteiger partial charge in [-0.05, 0) is 12.1 Å². The molecule has 1 aromatic carbocycles. The minimum absolute atomic E-state index is 0.0193. The van der Waals surface area contributed by atoms with Crippen LogP contribution in [0.5, 0.6) is 0 Å². The summed E-state index contributed by atoms with van der Waals surface area (Å²) in [6.07, 6.45) is -3.27. The van der Waals surface area contributed by atoms with Crippen molar-refractivity contribution in [2.45, 2.75) is 6.18 Å². The van der Waals surface area contributed by atoms with Gasteiger partial charge in [-0.15, -0.1) is 0 Å². The number of nitrogens with one attached hydrogen (secondary N) is 1. The molecule has 1 heterocycles. The van der Waals surface area contributed by atoms with E-state index in [0.717, 1.165) is 6.07 Å². The minimum atomic E-state index is -4.48. The molecule has 1 aromatic heterocycles. The third-order valence-corrected chi connectivity index (χ3v) is 2.52. The number of para-hydroxylation sites is 1. The molecule has 100 valence electrons. The van der Waals surface area contributed by atoms with Crippen LogP contribution in [0, 0.1) is 0 Å². The highest BCUT2D eigenvalue weighted by molar-refractivity contribution is 6.32. The first-order valence-electron chi connectivity index (χ1n) is 5.09. The lowest BCUT2D eigenvalue weighted by atomic mass is 10.1. The Kier molecular flexibility index (Phi) is 3.48. The second-order valence-corrected chi connectivity index (χ2v) is 4.00. The summed E-state index contributed by atoms with van der Waals surface area (Å²) in [5.74, 6) is -0.0674. The Morgan fingerprint density at radius 2 is 1.89 bits per heavy atom. The molecule has 3 N–H and O–H groups in total. The predicted molar refractivity (Wildman–Crippen MR) is 66.2 cm³/mol. The number of aromatic nitrogens is 2. The van der Waals surface area contributed by atoms with Crippen LogP contribution in [0.15, 0.2) is 30.5 Å². The van der Waals surface area contributed by atoms with E-state index in [1.165, 1.54) is 24.4 Å². The molecule has 4 nitrogen and oxygen atoms in total. The minimum Gasteiger partial charge on any atom is -0.368 e. The van der Waals surface area contributed by atoms with E-state index >= 15 is 0 Å². The first-order chi connectivity index (χ1) is 8.88. The van der Waals surface area contributed by atoms with Crippen molar-refractivity contribution in [2.24, 2.45) is 0 Å². The maximum atomic E-state index is 12.8. The zero-order valence-electron chi connectivity index (χ0n) is 9.37. The van der Waals surface area contributed by atoms with Gasteiger partial charge in [-0.1, -0.05) is 23.7 Å². The fraction of sp³-hybridized carbons (Fsp3) is 0.0909. The summed E-state index contributed by atoms with van der Waals surface area (Å²) in [7, 11) is 0. The van der Waals surface area contributed by atoms with Gasteiger partial charge in [-0.25, -0.2) is 4.98 Å². The lowest BCUT2D eigenvalue weighted by molar-refractivity contribution is -0.136. The lowest BCUT2D eigenvalue weighted by Crippen LogP contribution is -2.09. The number of anilines is 3. The number of nitrogens with two attached hydrogens (primary N) is 1. The number of hydrogen-bond donors (Lipinski definition) is 2. The zero-order valence-corrected chi connectivity index (χ0v) is 10.1. The van der Waals surface area contributed by atoms with Gasteiger partial charge in [0.05, 0.1) is 17.4 Å². The van der Waals surface area contributed by atoms with Gasteiger partial charge in [0.25, 0.3) is 0 Å². The van der Waals surface area contributed by atoms with Crippen LogP contribution >= 0.6 is 11.6 Å². The molecule has 0 aliphatic rings. The number of hydrogen-bond acceptors (Lipinski definition) is 4. The average Bonchev–Trinajstić information content (AvgIpc) is 2.33. The van der Waals surface area contributed by atoms with Crippen LogP contribution in [0.4, 0.5) is 30.6 Å². The van der Waals surface area contributed by atoms with Crippen LogP contribution in [-0.2, 0) is 6.18 Å². The Morgan fingerprint density at radius 1 is 1.21 bits per heavy atom. The van der Waals surface area contributed by atoms with E-state index in [4.69, 9.17) is 17.3 Å². The molecule has 8 heteroatoms. The molecule has 2 rings (SSSR count). The zero-order chi connectivity index (χ0) is 14.0. The van der Waals surface area contributed by atoms with Gasteiger partial charge in [0, 0.05) is 0 Å². The average molecular weight is 289 g/mol. The summed E-state index contributed by atoms with van der Waals surface area (Å²) in [6.45, 7) is 0. The number of nitrogen functional groups attached to an aromatic ring is 1. The van der Waals surface area contributed by atoms with E-state index < -0.39 is 11.7 Å². The van der Waals surface area contributed by atoms with Crippen molar-refractivity contribution < 1.29 is 13.2 Å². The fourth-order valence-corrected chi connectivity index (χ4v) is 1.57. The van der Waals surface area contributed by atoms with Crippen LogP contribution in [0.3, 0.4) is 0 Å². The third kappa shape index (κ3) is 3.05. The molecule has 19 heavy (non-hydrogen) atoms. The van der Waals surface area contributed by atoms with Crippen molar-refractivity contribution in [3.05, 3.63) is 41.0 Å². The van der Waals surface area contributed by atoms with Gasteiger partial charge in [-0.2, -0.15) is 18.2 Å². The quantitative estimate of drug-likeness (QED) is 0.888. The second kappa shape index (κ2) is 4.93. The number of rotatable bonds is 2. The van der Waals surface area contributed by atoms with Crippen LogP contribution in [-0.4, -0.2) is 9.97 Å². The van der Waals surface area contributed by atoms with Crippen molar-refractivity contribution in [1.82, 2.24) is 9.97 Å². The first kappa shape index (κ1) is 13.4. The molecular weight excluding hydrogens is 281 g/mol. The highest BCUT2D eigenvalue weighted by atomic mass is 35.5. The summed E-state index contributed by atoms with van der Waals surface area (Å²) in [5, 5.41) is 2.58. The summed E-state index contributed by atoms with van der Waals surface area (Å²) in [4.78, 5) is 7.37. The van der Waals surface area contributed by atoms with Gasteiger partial charge >= 0.3 is 6.18 Å². The molecule has 0 spiro atoms. The van der Waals surface area contributed by atoms with Crippen molar-refractivity contribution >= 4 is 29.1 Å². The van der Waals surface area contributed by atoms with Crippen LogP contribution in [0.2, 0.25) is 5.02 Å². The SMILES string of the molecule is Nc1ncc(Cl)c(Nc2ccccc2C(F)(F)F)n1. The molecule has 0 aliphatic carbocycles. The van der Waals surface area contributed by atoms with E-state index in [0.29, 0.717) is 0 Å². The molecule has 0 saturated heterocycles. The molecular formula is C11H8ClF3N4. The maximum Gasteiger partial charge on any atom is 0.418 e. The topological polar surface area (TPSA) is 63.8 Å². The van der Waals surface area contributed by atoms with Gasteiger partial charge < -0.3 is 11.1 Å². The Morgan fingerprint density at radius 3 is 2.58 bits per heavy atom. The largest absolute Gasteiger partial charge is 0.418 e. The normalized spacial score (nSPS) is 11.4. The first-order valence-corrected chi connectivity index (χ1v) is 5.47. The monoisotopic (exact) mass is 288 g/mol. The number of alkyl halides is 3. The Labute approximate surface area is 111 Å². The Bertz CT molecular complexity index is 601. The highest BCUT2D eigenvalue weighted by Crippen LogP contribution is 2.36. The van der Waals surface area contributed by atoms with Gasteiger partial charge in [-0.3, -0.25) is 0 Å². The molecule has 0 unspecified atom stereocenters. The summed E-state index contributed by atoms with van der Waals surface area (Å²) < 4.78 is 38.4. The van der Waals surface area contributed by atoms with Crippen molar-refractivity contribution in [3.8, 4) is 0 Å². The molecule has 0 fully saturated rings. The van der Waals surface area contributed by atoms with Crippen molar-refractivity contribution in [2.75, 3.05) is 11.1 Å². The van der Waals surface area contributed by atoms with E-state index in [1.807, 2.05) is 0 Å². The van der Waals surface area contributed by atoms with E-state index in [2.05, 4.69) is 15.3 Å². The van der Waals surface area contributed by atoms with Crippen molar-refractivity contribution in [1.29, 1.82) is 0 Å². The molecule has 0 bridgehead atoms. The van der Waals surface area contributed by atoms with E-state index in [-0.39, 0.29) is 22.5 Å². The molecule has 0 saturated carbocycles. The number of benzene rings is 1. The maximum absolute atomic E-state index is 12.8. The molecule has 0 aliphatic heterocycles. The smallest absolute Gasteiger partial charge is 0.368 e. The van der Waals surface area contributed by atoms with Crippen LogP contribution in [0.25, 0.3) is 0 Å². The number of halogens is 4. The van der Waals surface area contributed by atoms with Crippen LogP contribution < -0.4 is 11.1 Å². The third-order valence-electron chi connectivity index (χ3n) is 2.25. The van der Waals surface area contributed by atoms with Gasteiger partial charge in [0.15, 0.2) is 5.82 Å². The van der Waals surface area contributed by atoms with Gasteiger partial charge in [0.1, 0.15) is 5.02 Å². The predicted octanol–water partition coefficient (Wildman–Crippen LogP) is 3.47. The Hall–Kier alpha value is -2.02. The van der Waals surface area contributed by atoms with E-state index in [9.17, 15) is 13.2 Å². The second-order valence-electron chi connectivity index (χ2n) is 3.59. The van der Waals surface area contributed by atoms with Crippen molar-refractivity contribution in [3.63, 3.8) is 0 Å². The summed E-state index contributed by atoms with van der Waals surface area (Å²) in [6, 6.07) is 5.00. The number of nitrogens with zero attached hydrogens (tertiary/aromatic N) is 2. The summed E-state index contributed by atoms with van der Waals surface area (Å²) in [5.41, 5.74) is 4.39. The Balaban J connectivity index is 2.41. The molecule has 2 aromatic rings. The fourth-order valence-electron chi connectivity index (χ4n) is 1.44. The summed E-state index contributed by atoms with van der Waals surface area (Å²) >= 11 is 5.79. The molecule has 0 radical (unpaired) electrons.